The van der Waals surface area contributed by atoms with Crippen LogP contribution in [0.2, 0.25) is 5.02 Å². The molecule has 1 heterocycles. The number of anilines is 1. The molecule has 3 rings (SSSR count). The SMILES string of the molecule is CC(NC(=O)c1ccn(-c2cccc(Cl)c2)n1)c1cccc(NS(C)(=O)=O)c1. The highest BCUT2D eigenvalue weighted by Gasteiger charge is 2.15. The number of carbonyl (C=O) groups is 1. The van der Waals surface area contributed by atoms with Crippen molar-refractivity contribution in [1.82, 2.24) is 15.1 Å². The molecule has 7 nitrogen and oxygen atoms in total. The second-order valence-electron chi connectivity index (χ2n) is 6.32. The number of carbonyl (C=O) groups excluding carboxylic acids is 1. The number of halogens is 1. The van der Waals surface area contributed by atoms with Gasteiger partial charge in [-0.25, -0.2) is 13.1 Å². The molecule has 146 valence electrons. The van der Waals surface area contributed by atoms with Gasteiger partial charge in [0.05, 0.1) is 18.0 Å². The molecule has 0 spiro atoms. The van der Waals surface area contributed by atoms with Crippen LogP contribution in [0.15, 0.2) is 60.8 Å². The van der Waals surface area contributed by atoms with E-state index in [2.05, 4.69) is 15.1 Å². The molecule has 0 aliphatic heterocycles. The van der Waals surface area contributed by atoms with Crippen LogP contribution in [-0.4, -0.2) is 30.4 Å². The Bertz CT molecular complexity index is 1110. The number of aromatic nitrogens is 2. The van der Waals surface area contributed by atoms with Gasteiger partial charge < -0.3 is 5.32 Å². The third-order valence-electron chi connectivity index (χ3n) is 3.93. The summed E-state index contributed by atoms with van der Waals surface area (Å²) in [6.45, 7) is 1.81. The van der Waals surface area contributed by atoms with Gasteiger partial charge in [0.1, 0.15) is 0 Å². The highest BCUT2D eigenvalue weighted by Crippen LogP contribution is 2.19. The molecule has 2 aromatic carbocycles. The van der Waals surface area contributed by atoms with Crippen LogP contribution in [-0.2, 0) is 10.0 Å². The second-order valence-corrected chi connectivity index (χ2v) is 8.51. The summed E-state index contributed by atoms with van der Waals surface area (Å²) in [4.78, 5) is 12.5. The van der Waals surface area contributed by atoms with E-state index in [1.165, 1.54) is 0 Å². The summed E-state index contributed by atoms with van der Waals surface area (Å²) in [5.74, 6) is -0.338. The second kappa shape index (κ2) is 8.04. The zero-order valence-electron chi connectivity index (χ0n) is 15.3. The van der Waals surface area contributed by atoms with Gasteiger partial charge in [-0.2, -0.15) is 5.10 Å². The molecule has 1 amide bonds. The molecule has 0 bridgehead atoms. The fourth-order valence-corrected chi connectivity index (χ4v) is 3.39. The Morgan fingerprint density at radius 3 is 2.61 bits per heavy atom. The normalized spacial score (nSPS) is 12.4. The van der Waals surface area contributed by atoms with Crippen LogP contribution in [0.4, 0.5) is 5.69 Å². The minimum Gasteiger partial charge on any atom is -0.344 e. The van der Waals surface area contributed by atoms with Gasteiger partial charge in [-0.15, -0.1) is 0 Å². The lowest BCUT2D eigenvalue weighted by atomic mass is 10.1. The number of rotatable bonds is 6. The van der Waals surface area contributed by atoms with Gasteiger partial charge in [-0.05, 0) is 48.9 Å². The summed E-state index contributed by atoms with van der Waals surface area (Å²) in [5.41, 5.74) is 2.21. The number of sulfonamides is 1. The molecule has 1 atom stereocenters. The molecule has 28 heavy (non-hydrogen) atoms. The van der Waals surface area contributed by atoms with E-state index in [1.54, 1.807) is 53.3 Å². The summed E-state index contributed by atoms with van der Waals surface area (Å²) < 4.78 is 26.8. The molecule has 0 aliphatic carbocycles. The van der Waals surface area contributed by atoms with Crippen molar-refractivity contribution in [2.24, 2.45) is 0 Å². The molecular weight excluding hydrogens is 400 g/mol. The highest BCUT2D eigenvalue weighted by atomic mass is 35.5. The number of nitrogens with one attached hydrogen (secondary N) is 2. The fourth-order valence-electron chi connectivity index (χ4n) is 2.65. The summed E-state index contributed by atoms with van der Waals surface area (Å²) in [5, 5.41) is 7.73. The molecule has 1 aromatic heterocycles. The minimum atomic E-state index is -3.37. The van der Waals surface area contributed by atoms with Crippen LogP contribution in [0.5, 0.6) is 0 Å². The lowest BCUT2D eigenvalue weighted by Gasteiger charge is -2.15. The minimum absolute atomic E-state index is 0.261. The number of hydrogen-bond donors (Lipinski definition) is 2. The quantitative estimate of drug-likeness (QED) is 0.641. The first-order chi connectivity index (χ1) is 13.2. The van der Waals surface area contributed by atoms with Gasteiger partial charge in [0.25, 0.3) is 5.91 Å². The third kappa shape index (κ3) is 5.11. The molecule has 0 fully saturated rings. The van der Waals surface area contributed by atoms with Gasteiger partial charge in [-0.3, -0.25) is 9.52 Å². The van der Waals surface area contributed by atoms with Gasteiger partial charge in [0.2, 0.25) is 10.0 Å². The van der Waals surface area contributed by atoms with Crippen molar-refractivity contribution in [2.45, 2.75) is 13.0 Å². The van der Waals surface area contributed by atoms with Gasteiger partial charge in [0, 0.05) is 16.9 Å². The van der Waals surface area contributed by atoms with E-state index in [9.17, 15) is 13.2 Å². The van der Waals surface area contributed by atoms with Crippen molar-refractivity contribution in [2.75, 3.05) is 11.0 Å². The number of benzene rings is 2. The predicted molar refractivity (Wildman–Crippen MR) is 109 cm³/mol. The topological polar surface area (TPSA) is 93.1 Å². The fraction of sp³-hybridized carbons (Fsp3) is 0.158. The first kappa shape index (κ1) is 19.9. The molecular formula is C19H19ClN4O3S. The van der Waals surface area contributed by atoms with E-state index in [-0.39, 0.29) is 17.6 Å². The Morgan fingerprint density at radius 1 is 1.14 bits per heavy atom. The molecule has 0 aliphatic rings. The summed E-state index contributed by atoms with van der Waals surface area (Å²) in [6.07, 6.45) is 2.77. The van der Waals surface area contributed by atoms with Crippen molar-refractivity contribution in [3.8, 4) is 5.69 Å². The van der Waals surface area contributed by atoms with Crippen molar-refractivity contribution >= 4 is 33.2 Å². The van der Waals surface area contributed by atoms with E-state index in [4.69, 9.17) is 11.6 Å². The van der Waals surface area contributed by atoms with Gasteiger partial charge in [0.15, 0.2) is 5.69 Å². The largest absolute Gasteiger partial charge is 0.344 e. The standard InChI is InChI=1S/C19H19ClN4O3S/c1-13(14-5-3-7-16(11-14)23-28(2,26)27)21-19(25)18-9-10-24(22-18)17-8-4-6-15(20)12-17/h3-13,23H,1-2H3,(H,21,25). The molecule has 0 saturated heterocycles. The van der Waals surface area contributed by atoms with Crippen molar-refractivity contribution < 1.29 is 13.2 Å². The predicted octanol–water partition coefficient (Wildman–Crippen LogP) is 3.39. The average molecular weight is 419 g/mol. The van der Waals surface area contributed by atoms with Crippen molar-refractivity contribution in [3.63, 3.8) is 0 Å². The van der Waals surface area contributed by atoms with Crippen LogP contribution >= 0.6 is 11.6 Å². The van der Waals surface area contributed by atoms with Crippen LogP contribution in [0.1, 0.15) is 29.0 Å². The molecule has 9 heteroatoms. The number of nitrogens with zero attached hydrogens (tertiary/aromatic N) is 2. The summed E-state index contributed by atoms with van der Waals surface area (Å²) >= 11 is 5.99. The Morgan fingerprint density at radius 2 is 1.89 bits per heavy atom. The van der Waals surface area contributed by atoms with Crippen LogP contribution in [0.25, 0.3) is 5.69 Å². The van der Waals surface area contributed by atoms with E-state index < -0.39 is 10.0 Å². The molecule has 2 N–H and O–H groups in total. The van der Waals surface area contributed by atoms with Crippen molar-refractivity contribution in [3.05, 3.63) is 77.1 Å². The Kier molecular flexibility index (Phi) is 5.71. The van der Waals surface area contributed by atoms with Gasteiger partial charge >= 0.3 is 0 Å². The Hall–Kier alpha value is -2.84. The van der Waals surface area contributed by atoms with Crippen LogP contribution in [0.3, 0.4) is 0 Å². The maximum absolute atomic E-state index is 12.5. The van der Waals surface area contributed by atoms with E-state index in [0.29, 0.717) is 10.7 Å². The number of amides is 1. The van der Waals surface area contributed by atoms with E-state index >= 15 is 0 Å². The van der Waals surface area contributed by atoms with Crippen LogP contribution in [0, 0.1) is 0 Å². The maximum atomic E-state index is 12.5. The Labute approximate surface area is 168 Å². The zero-order valence-corrected chi connectivity index (χ0v) is 16.8. The highest BCUT2D eigenvalue weighted by molar-refractivity contribution is 7.92. The lowest BCUT2D eigenvalue weighted by molar-refractivity contribution is 0.0934. The van der Waals surface area contributed by atoms with E-state index in [1.807, 2.05) is 19.1 Å². The number of hydrogen-bond acceptors (Lipinski definition) is 4. The molecule has 0 radical (unpaired) electrons. The first-order valence-corrected chi connectivity index (χ1v) is 10.7. The van der Waals surface area contributed by atoms with Gasteiger partial charge in [-0.1, -0.05) is 29.8 Å². The summed E-state index contributed by atoms with van der Waals surface area (Å²) in [7, 11) is -3.37. The molecule has 3 aromatic rings. The summed E-state index contributed by atoms with van der Waals surface area (Å²) in [6, 6.07) is 15.3. The third-order valence-corrected chi connectivity index (χ3v) is 4.77. The Balaban J connectivity index is 1.72. The molecule has 0 saturated carbocycles. The smallest absolute Gasteiger partial charge is 0.272 e. The maximum Gasteiger partial charge on any atom is 0.272 e. The van der Waals surface area contributed by atoms with Crippen LogP contribution < -0.4 is 10.0 Å². The average Bonchev–Trinajstić information content (AvgIpc) is 3.11. The van der Waals surface area contributed by atoms with Crippen molar-refractivity contribution in [1.29, 1.82) is 0 Å². The first-order valence-electron chi connectivity index (χ1n) is 8.41. The molecule has 1 unspecified atom stereocenters. The van der Waals surface area contributed by atoms with E-state index in [0.717, 1.165) is 17.5 Å². The monoisotopic (exact) mass is 418 g/mol. The zero-order chi connectivity index (χ0) is 20.3. The lowest BCUT2D eigenvalue weighted by Crippen LogP contribution is -2.27.